The smallest absolute Gasteiger partial charge is 0.241 e. The Kier molecular flexibility index (Phi) is 11.2. The van der Waals surface area contributed by atoms with Gasteiger partial charge in [0.05, 0.1) is 17.0 Å². The van der Waals surface area contributed by atoms with Gasteiger partial charge in [0.25, 0.3) is 0 Å². The number of benzene rings is 4. The van der Waals surface area contributed by atoms with E-state index in [-0.39, 0.29) is 24.4 Å². The molecule has 4 nitrogen and oxygen atoms in total. The fourth-order valence-electron chi connectivity index (χ4n) is 3.73. The summed E-state index contributed by atoms with van der Waals surface area (Å²) in [6.45, 7) is 8.36. The minimum atomic E-state index is -3.71. The van der Waals surface area contributed by atoms with Crippen LogP contribution in [-0.2, 0) is 29.5 Å². The van der Waals surface area contributed by atoms with E-state index in [9.17, 15) is 8.42 Å². The predicted octanol–water partition coefficient (Wildman–Crippen LogP) is 6.32. The SMILES string of the molecule is Cc1ccc(S(=O)(=O)N[C@H](c2ccccc2)[C@H](N)c2ccccc2)cc1.Cc1cccc(C)c1C.[Ru]. The van der Waals surface area contributed by atoms with Crippen molar-refractivity contribution in [2.45, 2.75) is 44.7 Å². The van der Waals surface area contributed by atoms with Gasteiger partial charge in [-0.2, -0.15) is 0 Å². The van der Waals surface area contributed by atoms with E-state index in [1.807, 2.05) is 67.6 Å². The van der Waals surface area contributed by atoms with Crippen molar-refractivity contribution < 1.29 is 27.9 Å². The van der Waals surface area contributed by atoms with Gasteiger partial charge in [-0.15, -0.1) is 0 Å². The van der Waals surface area contributed by atoms with Gasteiger partial charge in [-0.25, -0.2) is 13.1 Å². The second-order valence-corrected chi connectivity index (χ2v) is 10.5. The van der Waals surface area contributed by atoms with Gasteiger partial charge in [0.1, 0.15) is 0 Å². The molecule has 0 fully saturated rings. The summed E-state index contributed by atoms with van der Waals surface area (Å²) in [5.74, 6) is 0. The average Bonchev–Trinajstić information content (AvgIpc) is 2.87. The van der Waals surface area contributed by atoms with Crippen LogP contribution in [0.4, 0.5) is 0 Å². The summed E-state index contributed by atoms with van der Waals surface area (Å²) in [5.41, 5.74) is 13.3. The fraction of sp³-hybridized carbons (Fsp3) is 0.200. The largest absolute Gasteiger partial charge is 0.322 e. The van der Waals surface area contributed by atoms with Crippen LogP contribution < -0.4 is 10.5 Å². The molecule has 4 rings (SSSR count). The Morgan fingerprint density at radius 3 is 1.58 bits per heavy atom. The number of sulfonamides is 1. The fourth-order valence-corrected chi connectivity index (χ4v) is 4.97. The zero-order valence-corrected chi connectivity index (χ0v) is 23.7. The predicted molar refractivity (Wildman–Crippen MR) is 145 cm³/mol. The first kappa shape index (κ1) is 29.6. The molecule has 0 radical (unpaired) electrons. The molecule has 2 atom stereocenters. The molecule has 0 saturated carbocycles. The Balaban J connectivity index is 0.000000386. The van der Waals surface area contributed by atoms with Gasteiger partial charge in [-0.05, 0) is 67.6 Å². The van der Waals surface area contributed by atoms with Gasteiger partial charge in [0.15, 0.2) is 0 Å². The second-order valence-electron chi connectivity index (χ2n) is 8.78. The van der Waals surface area contributed by atoms with Gasteiger partial charge in [-0.3, -0.25) is 0 Å². The molecule has 3 N–H and O–H groups in total. The van der Waals surface area contributed by atoms with Crippen LogP contribution in [0.5, 0.6) is 0 Å². The maximum atomic E-state index is 12.9. The van der Waals surface area contributed by atoms with Crippen molar-refractivity contribution in [2.24, 2.45) is 5.73 Å². The van der Waals surface area contributed by atoms with Crippen molar-refractivity contribution in [3.05, 3.63) is 137 Å². The van der Waals surface area contributed by atoms with E-state index in [1.165, 1.54) is 16.7 Å². The normalized spacial score (nSPS) is 12.5. The molecule has 6 heteroatoms. The molecular weight excluding hydrogens is 553 g/mol. The number of hydrogen-bond acceptors (Lipinski definition) is 3. The van der Waals surface area contributed by atoms with E-state index in [4.69, 9.17) is 5.73 Å². The van der Waals surface area contributed by atoms with E-state index >= 15 is 0 Å². The van der Waals surface area contributed by atoms with Crippen LogP contribution in [0.2, 0.25) is 0 Å². The van der Waals surface area contributed by atoms with Gasteiger partial charge >= 0.3 is 0 Å². The third-order valence-corrected chi connectivity index (χ3v) is 7.65. The summed E-state index contributed by atoms with van der Waals surface area (Å²) in [4.78, 5) is 0.226. The zero-order valence-electron chi connectivity index (χ0n) is 21.1. The molecule has 0 unspecified atom stereocenters. The standard InChI is InChI=1S/C21H22N2O2S.C9H12.Ru/c1-16-12-14-19(15-13-16)26(24,25)23-21(18-10-6-3-7-11-18)20(22)17-8-4-2-5-9-17;1-7-5-4-6-8(2)9(7)3;/h2-15,20-21,23H,22H2,1H3;4-6H,1-3H3;/t20-,21-;;/m1../s1. The Morgan fingerprint density at radius 2 is 1.11 bits per heavy atom. The minimum absolute atomic E-state index is 0. The number of rotatable bonds is 6. The number of nitrogens with one attached hydrogen (secondary N) is 1. The van der Waals surface area contributed by atoms with Crippen LogP contribution in [-0.4, -0.2) is 8.42 Å². The van der Waals surface area contributed by atoms with Crippen LogP contribution in [0.1, 0.15) is 45.5 Å². The third kappa shape index (κ3) is 7.94. The summed E-state index contributed by atoms with van der Waals surface area (Å²) in [5, 5.41) is 0. The van der Waals surface area contributed by atoms with Crippen LogP contribution in [0.25, 0.3) is 0 Å². The van der Waals surface area contributed by atoms with Crippen molar-refractivity contribution in [2.75, 3.05) is 0 Å². The topological polar surface area (TPSA) is 72.2 Å². The Hall–Kier alpha value is -2.63. The van der Waals surface area contributed by atoms with Crippen molar-refractivity contribution in [3.8, 4) is 0 Å². The Morgan fingerprint density at radius 1 is 0.639 bits per heavy atom. The zero-order chi connectivity index (χ0) is 25.4. The summed E-state index contributed by atoms with van der Waals surface area (Å²) < 4.78 is 28.6. The van der Waals surface area contributed by atoms with Gasteiger partial charge in [0.2, 0.25) is 10.0 Å². The molecule has 0 spiro atoms. The van der Waals surface area contributed by atoms with Gasteiger partial charge in [-0.1, -0.05) is 96.6 Å². The molecule has 36 heavy (non-hydrogen) atoms. The first-order chi connectivity index (χ1) is 16.7. The average molecular weight is 588 g/mol. The minimum Gasteiger partial charge on any atom is -0.322 e. The van der Waals surface area contributed by atoms with Crippen LogP contribution >= 0.6 is 0 Å². The first-order valence-corrected chi connectivity index (χ1v) is 13.1. The monoisotopic (exact) mass is 588 g/mol. The van der Waals surface area contributed by atoms with Gasteiger partial charge in [0, 0.05) is 19.5 Å². The van der Waals surface area contributed by atoms with E-state index in [0.717, 1.165) is 16.7 Å². The molecule has 4 aromatic carbocycles. The van der Waals surface area contributed by atoms with Crippen LogP contribution in [0.15, 0.2) is 108 Å². The van der Waals surface area contributed by atoms with Crippen molar-refractivity contribution in [1.82, 2.24) is 4.72 Å². The molecule has 0 aliphatic heterocycles. The third-order valence-electron chi connectivity index (χ3n) is 6.19. The molecule has 0 aliphatic carbocycles. The van der Waals surface area contributed by atoms with Crippen molar-refractivity contribution in [1.29, 1.82) is 0 Å². The van der Waals surface area contributed by atoms with E-state index < -0.39 is 22.1 Å². The summed E-state index contributed by atoms with van der Waals surface area (Å²) in [7, 11) is -3.71. The molecule has 0 aliphatic rings. The summed E-state index contributed by atoms with van der Waals surface area (Å²) >= 11 is 0. The molecule has 0 heterocycles. The quantitative estimate of drug-likeness (QED) is 0.259. The summed E-state index contributed by atoms with van der Waals surface area (Å²) in [6, 6.07) is 31.0. The molecular formula is C30H34N2O2RuS. The maximum absolute atomic E-state index is 12.9. The van der Waals surface area contributed by atoms with Crippen LogP contribution in [0.3, 0.4) is 0 Å². The molecule has 4 aromatic rings. The molecule has 0 saturated heterocycles. The Labute approximate surface area is 228 Å². The first-order valence-electron chi connectivity index (χ1n) is 11.7. The molecule has 0 aromatic heterocycles. The van der Waals surface area contributed by atoms with Gasteiger partial charge < -0.3 is 5.73 Å². The van der Waals surface area contributed by atoms with Crippen molar-refractivity contribution >= 4 is 10.0 Å². The number of aryl methyl sites for hydroxylation is 3. The summed E-state index contributed by atoms with van der Waals surface area (Å²) in [6.07, 6.45) is 0. The number of hydrogen-bond donors (Lipinski definition) is 2. The molecule has 0 bridgehead atoms. The van der Waals surface area contributed by atoms with E-state index in [1.54, 1.807) is 24.3 Å². The maximum Gasteiger partial charge on any atom is 0.241 e. The molecule has 0 amide bonds. The number of nitrogens with two attached hydrogens (primary N) is 1. The van der Waals surface area contributed by atoms with Crippen LogP contribution in [0, 0.1) is 27.7 Å². The van der Waals surface area contributed by atoms with Crippen molar-refractivity contribution in [3.63, 3.8) is 0 Å². The van der Waals surface area contributed by atoms with E-state index in [2.05, 4.69) is 43.7 Å². The molecule has 190 valence electrons. The second kappa shape index (κ2) is 13.6. The van der Waals surface area contributed by atoms with E-state index in [0.29, 0.717) is 0 Å². The Bertz CT molecular complexity index is 1310.